The Bertz CT molecular complexity index is 1040. The van der Waals surface area contributed by atoms with Gasteiger partial charge in [-0.05, 0) is 60.6 Å². The molecule has 1 heterocycles. The summed E-state index contributed by atoms with van der Waals surface area (Å²) in [5.74, 6) is 2.35. The SMILES string of the molecule is CC(C)[C@H]1CC[C@H](NCc2cccc3c(Oc4ccc(C(N)=O)cn4)cccc23)CC1. The molecule has 5 heteroatoms. The fourth-order valence-corrected chi connectivity index (χ4v) is 4.53. The van der Waals surface area contributed by atoms with Crippen molar-refractivity contribution in [2.45, 2.75) is 52.1 Å². The van der Waals surface area contributed by atoms with Crippen LogP contribution in [0.5, 0.6) is 11.6 Å². The van der Waals surface area contributed by atoms with E-state index < -0.39 is 5.91 Å². The minimum absolute atomic E-state index is 0.362. The van der Waals surface area contributed by atoms with Gasteiger partial charge in [0.05, 0.1) is 5.56 Å². The number of nitrogens with zero attached hydrogens (tertiary/aromatic N) is 1. The quantitative estimate of drug-likeness (QED) is 0.537. The van der Waals surface area contributed by atoms with Crippen molar-refractivity contribution in [2.75, 3.05) is 0 Å². The van der Waals surface area contributed by atoms with E-state index in [1.165, 1.54) is 42.8 Å². The molecule has 162 valence electrons. The Kier molecular flexibility index (Phi) is 6.52. The topological polar surface area (TPSA) is 77.2 Å². The smallest absolute Gasteiger partial charge is 0.250 e. The Morgan fingerprint density at radius 2 is 1.81 bits per heavy atom. The van der Waals surface area contributed by atoms with Gasteiger partial charge in [-0.3, -0.25) is 4.79 Å². The van der Waals surface area contributed by atoms with Crippen LogP contribution < -0.4 is 15.8 Å². The van der Waals surface area contributed by atoms with Gasteiger partial charge < -0.3 is 15.8 Å². The van der Waals surface area contributed by atoms with Crippen molar-refractivity contribution in [3.63, 3.8) is 0 Å². The number of primary amides is 1. The monoisotopic (exact) mass is 417 g/mol. The van der Waals surface area contributed by atoms with Crippen LogP contribution in [-0.2, 0) is 6.54 Å². The Hall–Kier alpha value is -2.92. The van der Waals surface area contributed by atoms with Gasteiger partial charge in [0.25, 0.3) is 0 Å². The van der Waals surface area contributed by atoms with Gasteiger partial charge in [0.2, 0.25) is 11.8 Å². The Morgan fingerprint density at radius 3 is 2.48 bits per heavy atom. The lowest BCUT2D eigenvalue weighted by atomic mass is 9.79. The molecule has 1 aromatic heterocycles. The molecule has 0 saturated heterocycles. The molecule has 0 spiro atoms. The predicted octanol–water partition coefficient (Wildman–Crippen LogP) is 5.43. The first kappa shape index (κ1) is 21.3. The van der Waals surface area contributed by atoms with E-state index in [2.05, 4.69) is 48.4 Å². The van der Waals surface area contributed by atoms with Crippen LogP contribution in [-0.4, -0.2) is 16.9 Å². The van der Waals surface area contributed by atoms with Crippen LogP contribution in [0.1, 0.15) is 55.5 Å². The molecule has 1 saturated carbocycles. The van der Waals surface area contributed by atoms with Crippen molar-refractivity contribution in [1.29, 1.82) is 0 Å². The molecule has 1 amide bonds. The van der Waals surface area contributed by atoms with Crippen molar-refractivity contribution < 1.29 is 9.53 Å². The second kappa shape index (κ2) is 9.48. The van der Waals surface area contributed by atoms with Crippen LogP contribution in [0.3, 0.4) is 0 Å². The molecule has 1 fully saturated rings. The third-order valence-corrected chi connectivity index (χ3v) is 6.50. The number of carbonyl (C=O) groups is 1. The molecule has 3 N–H and O–H groups in total. The van der Waals surface area contributed by atoms with Gasteiger partial charge in [-0.15, -0.1) is 0 Å². The average molecular weight is 418 g/mol. The fourth-order valence-electron chi connectivity index (χ4n) is 4.53. The number of nitrogens with two attached hydrogens (primary N) is 1. The zero-order valence-electron chi connectivity index (χ0n) is 18.3. The lowest BCUT2D eigenvalue weighted by Gasteiger charge is -2.31. The van der Waals surface area contributed by atoms with E-state index in [0.29, 0.717) is 17.5 Å². The molecule has 3 aromatic rings. The van der Waals surface area contributed by atoms with E-state index in [1.807, 2.05) is 12.1 Å². The highest BCUT2D eigenvalue weighted by Gasteiger charge is 2.23. The number of ether oxygens (including phenoxy) is 1. The average Bonchev–Trinajstić information content (AvgIpc) is 2.78. The zero-order chi connectivity index (χ0) is 21.8. The van der Waals surface area contributed by atoms with Crippen LogP contribution in [0.2, 0.25) is 0 Å². The Labute approximate surface area is 184 Å². The van der Waals surface area contributed by atoms with Crippen LogP contribution in [0.25, 0.3) is 10.8 Å². The van der Waals surface area contributed by atoms with E-state index in [-0.39, 0.29) is 0 Å². The number of nitrogens with one attached hydrogen (secondary N) is 1. The molecular formula is C26H31N3O2. The van der Waals surface area contributed by atoms with Gasteiger partial charge in [-0.1, -0.05) is 44.2 Å². The van der Waals surface area contributed by atoms with Crippen molar-refractivity contribution in [1.82, 2.24) is 10.3 Å². The van der Waals surface area contributed by atoms with Crippen LogP contribution in [0.15, 0.2) is 54.7 Å². The van der Waals surface area contributed by atoms with E-state index >= 15 is 0 Å². The van der Waals surface area contributed by atoms with Gasteiger partial charge in [-0.25, -0.2) is 4.98 Å². The van der Waals surface area contributed by atoms with Gasteiger partial charge in [0.15, 0.2) is 0 Å². The maximum absolute atomic E-state index is 11.2. The van der Waals surface area contributed by atoms with Crippen molar-refractivity contribution in [3.05, 3.63) is 65.9 Å². The molecule has 1 aliphatic carbocycles. The molecule has 5 nitrogen and oxygen atoms in total. The lowest BCUT2D eigenvalue weighted by molar-refractivity contribution is 0.1000. The molecule has 4 rings (SSSR count). The third-order valence-electron chi connectivity index (χ3n) is 6.50. The molecule has 0 aliphatic heterocycles. The van der Waals surface area contributed by atoms with Gasteiger partial charge >= 0.3 is 0 Å². The van der Waals surface area contributed by atoms with Gasteiger partial charge in [0, 0.05) is 30.2 Å². The van der Waals surface area contributed by atoms with E-state index in [1.54, 1.807) is 12.1 Å². The van der Waals surface area contributed by atoms with Crippen LogP contribution in [0, 0.1) is 11.8 Å². The lowest BCUT2D eigenvalue weighted by Crippen LogP contribution is -2.33. The van der Waals surface area contributed by atoms with E-state index in [0.717, 1.165) is 29.5 Å². The third kappa shape index (κ3) is 5.05. The molecule has 2 aromatic carbocycles. The number of amides is 1. The normalized spacial score (nSPS) is 18.9. The molecular weight excluding hydrogens is 386 g/mol. The summed E-state index contributed by atoms with van der Waals surface area (Å²) in [4.78, 5) is 15.4. The Morgan fingerprint density at radius 1 is 1.06 bits per heavy atom. The summed E-state index contributed by atoms with van der Waals surface area (Å²) >= 11 is 0. The van der Waals surface area contributed by atoms with E-state index in [9.17, 15) is 4.79 Å². The minimum Gasteiger partial charge on any atom is -0.438 e. The standard InChI is InChI=1S/C26H31N3O2/c1-17(2)18-9-12-21(13-10-18)28-15-19-5-3-7-23-22(19)6-4-8-24(23)31-25-14-11-20(16-29-25)26(27)30/h3-8,11,14,16-18,21,28H,9-10,12-13,15H2,1-2H3,(H2,27,30)/t18-,21-. The molecule has 31 heavy (non-hydrogen) atoms. The highest BCUT2D eigenvalue weighted by atomic mass is 16.5. The maximum Gasteiger partial charge on any atom is 0.250 e. The first-order valence-electron chi connectivity index (χ1n) is 11.2. The molecule has 0 radical (unpaired) electrons. The molecule has 0 unspecified atom stereocenters. The summed E-state index contributed by atoms with van der Waals surface area (Å²) in [6.07, 6.45) is 6.60. The number of fused-ring (bicyclic) bond motifs is 1. The minimum atomic E-state index is -0.501. The highest BCUT2D eigenvalue weighted by Crippen LogP contribution is 2.32. The van der Waals surface area contributed by atoms with Crippen molar-refractivity contribution >= 4 is 16.7 Å². The second-order valence-electron chi connectivity index (χ2n) is 8.86. The predicted molar refractivity (Wildman–Crippen MR) is 124 cm³/mol. The first-order valence-corrected chi connectivity index (χ1v) is 11.2. The summed E-state index contributed by atoms with van der Waals surface area (Å²) < 4.78 is 6.03. The van der Waals surface area contributed by atoms with Crippen LogP contribution in [0.4, 0.5) is 0 Å². The number of pyridine rings is 1. The first-order chi connectivity index (χ1) is 15.0. The highest BCUT2D eigenvalue weighted by molar-refractivity contribution is 5.92. The van der Waals surface area contributed by atoms with Gasteiger partial charge in [0.1, 0.15) is 5.75 Å². The summed E-state index contributed by atoms with van der Waals surface area (Å²) in [5.41, 5.74) is 6.92. The summed E-state index contributed by atoms with van der Waals surface area (Å²) in [5, 5.41) is 6.00. The number of carbonyl (C=O) groups excluding carboxylic acids is 1. The number of benzene rings is 2. The summed E-state index contributed by atoms with van der Waals surface area (Å²) in [7, 11) is 0. The summed E-state index contributed by atoms with van der Waals surface area (Å²) in [6.45, 7) is 5.54. The molecule has 0 bridgehead atoms. The molecule has 0 atom stereocenters. The van der Waals surface area contributed by atoms with Crippen LogP contribution >= 0.6 is 0 Å². The Balaban J connectivity index is 1.47. The van der Waals surface area contributed by atoms with E-state index in [4.69, 9.17) is 10.5 Å². The number of rotatable bonds is 7. The number of aromatic nitrogens is 1. The maximum atomic E-state index is 11.2. The summed E-state index contributed by atoms with van der Waals surface area (Å²) in [6, 6.07) is 16.3. The van der Waals surface area contributed by atoms with Crippen molar-refractivity contribution in [3.8, 4) is 11.6 Å². The largest absolute Gasteiger partial charge is 0.438 e. The number of hydrogen-bond donors (Lipinski definition) is 2. The number of hydrogen-bond acceptors (Lipinski definition) is 4. The zero-order valence-corrected chi connectivity index (χ0v) is 18.3. The molecule has 1 aliphatic rings. The fraction of sp³-hybridized carbons (Fsp3) is 0.385. The van der Waals surface area contributed by atoms with Crippen molar-refractivity contribution in [2.24, 2.45) is 17.6 Å². The second-order valence-corrected chi connectivity index (χ2v) is 8.86. The van der Waals surface area contributed by atoms with Gasteiger partial charge in [-0.2, -0.15) is 0 Å².